The highest BCUT2D eigenvalue weighted by Gasteiger charge is 2.45. The average Bonchev–Trinajstić information content (AvgIpc) is 3.28. The van der Waals surface area contributed by atoms with Gasteiger partial charge in [-0.2, -0.15) is 0 Å². The van der Waals surface area contributed by atoms with E-state index >= 15 is 0 Å². The lowest BCUT2D eigenvalue weighted by atomic mass is 9.67. The predicted molar refractivity (Wildman–Crippen MR) is 162 cm³/mol. The molecule has 0 saturated heterocycles. The summed E-state index contributed by atoms with van der Waals surface area (Å²) in [7, 11) is 0. The minimum atomic E-state index is -0.367. The van der Waals surface area contributed by atoms with Crippen LogP contribution in [0.3, 0.4) is 0 Å². The summed E-state index contributed by atoms with van der Waals surface area (Å²) >= 11 is 0. The standard InChI is InChI=1S/C38H30/c1-2-15-30(31-17-6-3-7-18-31)19-14-16-29-26-27-35-34-24-12-13-25-36(34)38(37(35)28-29,32-20-8-4-9-21-32)33-22-10-5-11-23-33/h2-28H,1H3/b15-2+,16-14-,30-19+. The largest absolute Gasteiger partial charge is 0.0870 e. The van der Waals surface area contributed by atoms with Crippen LogP contribution in [0.4, 0.5) is 0 Å². The molecule has 0 amide bonds. The summed E-state index contributed by atoms with van der Waals surface area (Å²) < 4.78 is 0. The lowest BCUT2D eigenvalue weighted by Crippen LogP contribution is -2.28. The molecule has 1 aliphatic carbocycles. The zero-order valence-corrected chi connectivity index (χ0v) is 21.6. The summed E-state index contributed by atoms with van der Waals surface area (Å²) in [6.45, 7) is 2.06. The molecule has 1 aliphatic rings. The summed E-state index contributed by atoms with van der Waals surface area (Å²) in [5.74, 6) is 0. The zero-order valence-electron chi connectivity index (χ0n) is 21.6. The lowest BCUT2D eigenvalue weighted by molar-refractivity contribution is 0.768. The monoisotopic (exact) mass is 486 g/mol. The first-order valence-electron chi connectivity index (χ1n) is 13.2. The fraction of sp³-hybridized carbons (Fsp3) is 0.0526. The van der Waals surface area contributed by atoms with Gasteiger partial charge < -0.3 is 0 Å². The van der Waals surface area contributed by atoms with Crippen molar-refractivity contribution in [2.45, 2.75) is 12.3 Å². The van der Waals surface area contributed by atoms with E-state index in [0.29, 0.717) is 0 Å². The van der Waals surface area contributed by atoms with Gasteiger partial charge in [-0.3, -0.25) is 0 Å². The molecule has 0 fully saturated rings. The van der Waals surface area contributed by atoms with E-state index in [4.69, 9.17) is 0 Å². The topological polar surface area (TPSA) is 0 Å². The first-order chi connectivity index (χ1) is 18.8. The van der Waals surface area contributed by atoms with Gasteiger partial charge in [-0.15, -0.1) is 0 Å². The van der Waals surface area contributed by atoms with Crippen LogP contribution in [0, 0.1) is 0 Å². The maximum absolute atomic E-state index is 2.39. The lowest BCUT2D eigenvalue weighted by Gasteiger charge is -2.34. The third kappa shape index (κ3) is 4.05. The SMILES string of the molecule is C/C=C/C(=C\C=C/c1ccc2c(c1)C(c1ccccc1)(c1ccccc1)c1ccccc1-2)c1ccccc1. The van der Waals surface area contributed by atoms with Gasteiger partial charge in [0.2, 0.25) is 0 Å². The van der Waals surface area contributed by atoms with E-state index in [2.05, 4.69) is 171 Å². The second kappa shape index (κ2) is 10.4. The van der Waals surface area contributed by atoms with Crippen LogP contribution in [0.5, 0.6) is 0 Å². The highest BCUT2D eigenvalue weighted by molar-refractivity contribution is 5.87. The molecule has 0 heteroatoms. The van der Waals surface area contributed by atoms with Gasteiger partial charge in [0.15, 0.2) is 0 Å². The van der Waals surface area contributed by atoms with Gasteiger partial charge in [0.1, 0.15) is 0 Å². The quantitative estimate of drug-likeness (QED) is 0.206. The van der Waals surface area contributed by atoms with Gasteiger partial charge in [-0.05, 0) is 63.1 Å². The van der Waals surface area contributed by atoms with Crippen LogP contribution < -0.4 is 0 Å². The molecule has 182 valence electrons. The fourth-order valence-corrected chi connectivity index (χ4v) is 5.89. The zero-order chi connectivity index (χ0) is 25.8. The summed E-state index contributed by atoms with van der Waals surface area (Å²) in [6, 6.07) is 48.3. The normalized spacial score (nSPS) is 14.1. The molecule has 0 nitrogen and oxygen atoms in total. The van der Waals surface area contributed by atoms with Crippen LogP contribution in [-0.4, -0.2) is 0 Å². The summed E-state index contributed by atoms with van der Waals surface area (Å²) in [6.07, 6.45) is 10.8. The first-order valence-corrected chi connectivity index (χ1v) is 13.2. The molecule has 0 aromatic heterocycles. The second-order valence-electron chi connectivity index (χ2n) is 9.68. The Kier molecular flexibility index (Phi) is 6.46. The molecule has 0 bridgehead atoms. The molecule has 5 aromatic rings. The third-order valence-electron chi connectivity index (χ3n) is 7.50. The van der Waals surface area contributed by atoms with E-state index in [-0.39, 0.29) is 5.41 Å². The Hall–Kier alpha value is -4.68. The van der Waals surface area contributed by atoms with Crippen LogP contribution in [0.25, 0.3) is 22.8 Å². The van der Waals surface area contributed by atoms with Crippen LogP contribution in [-0.2, 0) is 5.41 Å². The molecule has 0 aliphatic heterocycles. The Balaban J connectivity index is 1.52. The molecule has 0 heterocycles. The smallest absolute Gasteiger partial charge is 0.0713 e. The molecule has 38 heavy (non-hydrogen) atoms. The van der Waals surface area contributed by atoms with Crippen LogP contribution >= 0.6 is 0 Å². The average molecular weight is 487 g/mol. The molecule has 0 atom stereocenters. The van der Waals surface area contributed by atoms with Crippen molar-refractivity contribution in [2.75, 3.05) is 0 Å². The number of benzene rings is 5. The molecule has 5 aromatic carbocycles. The Morgan fingerprint density at radius 3 is 1.82 bits per heavy atom. The third-order valence-corrected chi connectivity index (χ3v) is 7.50. The maximum atomic E-state index is 2.39. The second-order valence-corrected chi connectivity index (χ2v) is 9.68. The number of allylic oxidation sites excluding steroid dienone is 5. The van der Waals surface area contributed by atoms with Gasteiger partial charge in [0, 0.05) is 0 Å². The van der Waals surface area contributed by atoms with Crippen LogP contribution in [0.1, 0.15) is 40.3 Å². The molecule has 0 saturated carbocycles. The highest BCUT2D eigenvalue weighted by atomic mass is 14.5. The van der Waals surface area contributed by atoms with Crippen LogP contribution in [0.15, 0.2) is 158 Å². The van der Waals surface area contributed by atoms with Gasteiger partial charge in [-0.25, -0.2) is 0 Å². The summed E-state index contributed by atoms with van der Waals surface area (Å²) in [5, 5.41) is 0. The minimum Gasteiger partial charge on any atom is -0.0870 e. The highest BCUT2D eigenvalue weighted by Crippen LogP contribution is 2.56. The van der Waals surface area contributed by atoms with Gasteiger partial charge in [0.25, 0.3) is 0 Å². The van der Waals surface area contributed by atoms with Crippen molar-refractivity contribution in [3.8, 4) is 11.1 Å². The van der Waals surface area contributed by atoms with Gasteiger partial charge >= 0.3 is 0 Å². The Bertz CT molecular complexity index is 1600. The molecular weight excluding hydrogens is 456 g/mol. The number of hydrogen-bond acceptors (Lipinski definition) is 0. The minimum absolute atomic E-state index is 0.367. The Morgan fingerprint density at radius 1 is 0.579 bits per heavy atom. The van der Waals surface area contributed by atoms with Gasteiger partial charge in [0.05, 0.1) is 5.41 Å². The summed E-state index contributed by atoms with van der Waals surface area (Å²) in [4.78, 5) is 0. The van der Waals surface area contributed by atoms with E-state index in [0.717, 1.165) is 0 Å². The van der Waals surface area contributed by atoms with E-state index in [1.807, 2.05) is 0 Å². The Morgan fingerprint density at radius 2 is 1.16 bits per heavy atom. The predicted octanol–water partition coefficient (Wildman–Crippen LogP) is 9.72. The van der Waals surface area contributed by atoms with Gasteiger partial charge in [-0.1, -0.05) is 158 Å². The summed E-state index contributed by atoms with van der Waals surface area (Å²) in [5.41, 5.74) is 11.1. The van der Waals surface area contributed by atoms with Crippen molar-refractivity contribution >= 4 is 11.6 Å². The molecule has 6 rings (SSSR count). The number of rotatable bonds is 6. The van der Waals surface area contributed by atoms with E-state index in [9.17, 15) is 0 Å². The Labute approximate surface area is 226 Å². The fourth-order valence-electron chi connectivity index (χ4n) is 5.89. The van der Waals surface area contributed by atoms with Crippen molar-refractivity contribution in [3.05, 3.63) is 191 Å². The molecule has 0 radical (unpaired) electrons. The van der Waals surface area contributed by atoms with Crippen molar-refractivity contribution in [3.63, 3.8) is 0 Å². The number of hydrogen-bond donors (Lipinski definition) is 0. The van der Waals surface area contributed by atoms with E-state index in [1.54, 1.807) is 0 Å². The molecule has 0 spiro atoms. The van der Waals surface area contributed by atoms with Crippen molar-refractivity contribution in [1.29, 1.82) is 0 Å². The molecule has 0 unspecified atom stereocenters. The number of fused-ring (bicyclic) bond motifs is 3. The first kappa shape index (κ1) is 23.7. The van der Waals surface area contributed by atoms with Crippen LogP contribution in [0.2, 0.25) is 0 Å². The molecule has 0 N–H and O–H groups in total. The van der Waals surface area contributed by atoms with E-state index in [1.165, 1.54) is 50.1 Å². The van der Waals surface area contributed by atoms with E-state index < -0.39 is 0 Å². The molecular formula is C38H30. The van der Waals surface area contributed by atoms with Crippen molar-refractivity contribution in [2.24, 2.45) is 0 Å². The van der Waals surface area contributed by atoms with Crippen molar-refractivity contribution < 1.29 is 0 Å². The maximum Gasteiger partial charge on any atom is 0.0713 e. The van der Waals surface area contributed by atoms with Crippen molar-refractivity contribution in [1.82, 2.24) is 0 Å².